The molecule has 3 heteroatoms. The topological polar surface area (TPSA) is 38.9 Å². The molecule has 0 fully saturated rings. The minimum atomic E-state index is 0.818. The molecule has 0 aliphatic rings. The first-order chi connectivity index (χ1) is 7.91. The lowest BCUT2D eigenvalue weighted by molar-refractivity contribution is 1.21. The summed E-state index contributed by atoms with van der Waals surface area (Å²) in [6.07, 6.45) is 0. The molecular formula is C14H18N2S. The molecule has 1 heterocycles. The Kier molecular flexibility index (Phi) is 2.96. The van der Waals surface area contributed by atoms with Gasteiger partial charge in [-0.15, -0.1) is 0 Å². The van der Waals surface area contributed by atoms with Gasteiger partial charge in [0.2, 0.25) is 0 Å². The summed E-state index contributed by atoms with van der Waals surface area (Å²) in [5, 5.41) is 1.86. The second-order valence-corrected chi connectivity index (χ2v) is 5.63. The van der Waals surface area contributed by atoms with Crippen molar-refractivity contribution in [3.63, 3.8) is 0 Å². The molecule has 0 spiro atoms. The maximum absolute atomic E-state index is 5.91. The lowest BCUT2D eigenvalue weighted by atomic mass is 9.95. The molecule has 0 bridgehead atoms. The highest BCUT2D eigenvalue weighted by Crippen LogP contribution is 2.36. The smallest absolute Gasteiger partial charge is 0.126 e. The lowest BCUT2D eigenvalue weighted by Crippen LogP contribution is -1.94. The first kappa shape index (κ1) is 12.1. The number of hydrogen-bond acceptors (Lipinski definition) is 3. The number of rotatable bonds is 1. The average molecular weight is 246 g/mol. The van der Waals surface area contributed by atoms with Crippen LogP contribution >= 0.6 is 11.3 Å². The van der Waals surface area contributed by atoms with Crippen LogP contribution in [-0.2, 0) is 0 Å². The number of anilines is 1. The lowest BCUT2D eigenvalue weighted by Gasteiger charge is -2.13. The summed E-state index contributed by atoms with van der Waals surface area (Å²) in [5.41, 5.74) is 13.3. The quantitative estimate of drug-likeness (QED) is 0.828. The van der Waals surface area contributed by atoms with Gasteiger partial charge in [-0.3, -0.25) is 0 Å². The number of nitrogens with two attached hydrogens (primary N) is 1. The van der Waals surface area contributed by atoms with Crippen LogP contribution in [0.1, 0.15) is 27.9 Å². The van der Waals surface area contributed by atoms with E-state index in [4.69, 9.17) is 5.73 Å². The Morgan fingerprint density at radius 3 is 1.94 bits per heavy atom. The van der Waals surface area contributed by atoms with Crippen LogP contribution < -0.4 is 5.73 Å². The third-order valence-corrected chi connectivity index (χ3v) is 4.42. The van der Waals surface area contributed by atoms with Crippen molar-refractivity contribution in [2.45, 2.75) is 34.6 Å². The third-order valence-electron chi connectivity index (χ3n) is 3.41. The van der Waals surface area contributed by atoms with E-state index < -0.39 is 0 Å². The molecule has 2 rings (SSSR count). The van der Waals surface area contributed by atoms with Gasteiger partial charge < -0.3 is 5.73 Å². The SMILES string of the molecule is Cc1cc(C)c(C)c(-c2nc(C)c(N)s2)c1C. The Morgan fingerprint density at radius 1 is 1.00 bits per heavy atom. The highest BCUT2D eigenvalue weighted by molar-refractivity contribution is 7.19. The van der Waals surface area contributed by atoms with E-state index in [0.29, 0.717) is 0 Å². The van der Waals surface area contributed by atoms with Crippen LogP contribution in [-0.4, -0.2) is 4.98 Å². The molecule has 1 aromatic carbocycles. The van der Waals surface area contributed by atoms with Gasteiger partial charge in [0, 0.05) is 5.56 Å². The number of thiazole rings is 1. The first-order valence-electron chi connectivity index (χ1n) is 5.72. The van der Waals surface area contributed by atoms with Crippen molar-refractivity contribution in [1.82, 2.24) is 4.98 Å². The molecule has 0 aliphatic heterocycles. The number of aryl methyl sites for hydroxylation is 3. The van der Waals surface area contributed by atoms with E-state index in [0.717, 1.165) is 15.7 Å². The van der Waals surface area contributed by atoms with Crippen molar-refractivity contribution in [3.8, 4) is 10.6 Å². The van der Waals surface area contributed by atoms with E-state index >= 15 is 0 Å². The van der Waals surface area contributed by atoms with Gasteiger partial charge in [-0.2, -0.15) is 0 Å². The average Bonchev–Trinajstić information content (AvgIpc) is 2.57. The minimum absolute atomic E-state index is 0.818. The maximum Gasteiger partial charge on any atom is 0.126 e. The van der Waals surface area contributed by atoms with E-state index in [-0.39, 0.29) is 0 Å². The van der Waals surface area contributed by atoms with Gasteiger partial charge in [0.1, 0.15) is 10.0 Å². The summed E-state index contributed by atoms with van der Waals surface area (Å²) in [7, 11) is 0. The molecule has 0 unspecified atom stereocenters. The van der Waals surface area contributed by atoms with Crippen LogP contribution in [0, 0.1) is 34.6 Å². The molecule has 2 N–H and O–H groups in total. The van der Waals surface area contributed by atoms with Crippen molar-refractivity contribution < 1.29 is 0 Å². The summed E-state index contributed by atoms with van der Waals surface area (Å²) < 4.78 is 0. The van der Waals surface area contributed by atoms with Crippen molar-refractivity contribution in [2.75, 3.05) is 5.73 Å². The summed E-state index contributed by atoms with van der Waals surface area (Å²) in [6, 6.07) is 2.23. The zero-order valence-electron chi connectivity index (χ0n) is 11.0. The van der Waals surface area contributed by atoms with Gasteiger partial charge in [-0.05, 0) is 56.9 Å². The monoisotopic (exact) mass is 246 g/mol. The van der Waals surface area contributed by atoms with Gasteiger partial charge in [-0.1, -0.05) is 17.4 Å². The standard InChI is InChI=1S/C14H18N2S/c1-7-6-8(2)10(4)12(9(7)3)14-16-11(5)13(15)17-14/h6H,15H2,1-5H3. The summed E-state index contributed by atoms with van der Waals surface area (Å²) in [5.74, 6) is 0. The molecule has 0 amide bonds. The molecule has 0 radical (unpaired) electrons. The van der Waals surface area contributed by atoms with Crippen LogP contribution in [0.2, 0.25) is 0 Å². The van der Waals surface area contributed by atoms with Gasteiger partial charge in [0.25, 0.3) is 0 Å². The second kappa shape index (κ2) is 4.15. The molecule has 2 nitrogen and oxygen atoms in total. The second-order valence-electron chi connectivity index (χ2n) is 4.60. The Balaban J connectivity index is 2.74. The molecule has 0 aliphatic carbocycles. The fraction of sp³-hybridized carbons (Fsp3) is 0.357. The van der Waals surface area contributed by atoms with Gasteiger partial charge in [0.05, 0.1) is 5.69 Å². The van der Waals surface area contributed by atoms with E-state index in [1.165, 1.54) is 27.8 Å². The predicted octanol–water partition coefficient (Wildman–Crippen LogP) is 3.93. The Bertz CT molecular complexity index is 537. The Morgan fingerprint density at radius 2 is 1.53 bits per heavy atom. The van der Waals surface area contributed by atoms with Crippen molar-refractivity contribution >= 4 is 16.3 Å². The number of nitrogen functional groups attached to an aromatic ring is 1. The van der Waals surface area contributed by atoms with E-state index in [1.54, 1.807) is 11.3 Å². The van der Waals surface area contributed by atoms with Gasteiger partial charge in [-0.25, -0.2) is 4.98 Å². The normalized spacial score (nSPS) is 10.9. The summed E-state index contributed by atoms with van der Waals surface area (Å²) in [4.78, 5) is 4.58. The van der Waals surface area contributed by atoms with E-state index in [1.807, 2.05) is 6.92 Å². The number of benzene rings is 1. The first-order valence-corrected chi connectivity index (χ1v) is 6.54. The molecular weight excluding hydrogens is 228 g/mol. The van der Waals surface area contributed by atoms with Crippen LogP contribution in [0.5, 0.6) is 0 Å². The van der Waals surface area contributed by atoms with Gasteiger partial charge in [0.15, 0.2) is 0 Å². The number of aromatic nitrogens is 1. The Labute approximate surface area is 107 Å². The third kappa shape index (κ3) is 1.95. The zero-order valence-corrected chi connectivity index (χ0v) is 11.8. The maximum atomic E-state index is 5.91. The molecule has 1 aromatic heterocycles. The van der Waals surface area contributed by atoms with Crippen molar-refractivity contribution in [3.05, 3.63) is 34.0 Å². The summed E-state index contributed by atoms with van der Waals surface area (Å²) >= 11 is 1.58. The number of hydrogen-bond donors (Lipinski definition) is 1. The Hall–Kier alpha value is -1.35. The fourth-order valence-corrected chi connectivity index (χ4v) is 3.05. The number of nitrogens with zero attached hydrogens (tertiary/aromatic N) is 1. The molecule has 17 heavy (non-hydrogen) atoms. The molecule has 0 saturated carbocycles. The zero-order chi connectivity index (χ0) is 12.7. The molecule has 0 saturated heterocycles. The van der Waals surface area contributed by atoms with Crippen molar-refractivity contribution in [1.29, 1.82) is 0 Å². The molecule has 0 atom stereocenters. The van der Waals surface area contributed by atoms with Crippen LogP contribution in [0.15, 0.2) is 6.07 Å². The molecule has 2 aromatic rings. The molecule has 90 valence electrons. The van der Waals surface area contributed by atoms with Gasteiger partial charge >= 0.3 is 0 Å². The van der Waals surface area contributed by atoms with E-state index in [2.05, 4.69) is 38.7 Å². The highest BCUT2D eigenvalue weighted by atomic mass is 32.1. The van der Waals surface area contributed by atoms with Crippen LogP contribution in [0.3, 0.4) is 0 Å². The summed E-state index contributed by atoms with van der Waals surface area (Å²) in [6.45, 7) is 10.6. The van der Waals surface area contributed by atoms with Crippen molar-refractivity contribution in [2.24, 2.45) is 0 Å². The van der Waals surface area contributed by atoms with Crippen LogP contribution in [0.25, 0.3) is 10.6 Å². The largest absolute Gasteiger partial charge is 0.389 e. The fourth-order valence-electron chi connectivity index (χ4n) is 2.05. The van der Waals surface area contributed by atoms with E-state index in [9.17, 15) is 0 Å². The highest BCUT2D eigenvalue weighted by Gasteiger charge is 2.14. The minimum Gasteiger partial charge on any atom is -0.389 e. The predicted molar refractivity (Wildman–Crippen MR) is 75.6 cm³/mol. The van der Waals surface area contributed by atoms with Crippen LogP contribution in [0.4, 0.5) is 5.00 Å².